The first kappa shape index (κ1) is 18.1. The van der Waals surface area contributed by atoms with Gasteiger partial charge in [-0.2, -0.15) is 0 Å². The van der Waals surface area contributed by atoms with Crippen LogP contribution in [0.15, 0.2) is 42.5 Å². The van der Waals surface area contributed by atoms with Crippen LogP contribution in [0.25, 0.3) is 0 Å². The van der Waals surface area contributed by atoms with Crippen molar-refractivity contribution in [1.82, 2.24) is 5.32 Å². The summed E-state index contributed by atoms with van der Waals surface area (Å²) in [6, 6.07) is 13.1. The number of halogens is 1. The maximum atomic E-state index is 12.1. The molecule has 0 saturated carbocycles. The lowest BCUT2D eigenvalue weighted by atomic mass is 10.1. The summed E-state index contributed by atoms with van der Waals surface area (Å²) in [7, 11) is 0. The third-order valence-electron chi connectivity index (χ3n) is 3.33. The smallest absolute Gasteiger partial charge is 0.251 e. The van der Waals surface area contributed by atoms with E-state index in [0.29, 0.717) is 41.8 Å². The molecule has 128 valence electrons. The zero-order valence-electron chi connectivity index (χ0n) is 14.0. The highest BCUT2D eigenvalue weighted by molar-refractivity contribution is 6.32. The van der Waals surface area contributed by atoms with E-state index in [9.17, 15) is 4.79 Å². The largest absolute Gasteiger partial charge is 0.490 e. The van der Waals surface area contributed by atoms with E-state index in [4.69, 9.17) is 21.1 Å². The maximum absolute atomic E-state index is 12.1. The molecule has 0 radical (unpaired) electrons. The molecular formula is C19H22ClNO3. The average Bonchev–Trinajstić information content (AvgIpc) is 2.60. The molecule has 0 atom stereocenters. The fraction of sp³-hybridized carbons (Fsp3) is 0.316. The lowest BCUT2D eigenvalue weighted by Crippen LogP contribution is -2.24. The number of carbonyl (C=O) groups is 1. The fourth-order valence-corrected chi connectivity index (χ4v) is 2.44. The second-order valence-corrected chi connectivity index (χ2v) is 5.66. The van der Waals surface area contributed by atoms with Crippen LogP contribution in [0, 0.1) is 0 Å². The van der Waals surface area contributed by atoms with Crippen molar-refractivity contribution in [2.75, 3.05) is 13.2 Å². The normalized spacial score (nSPS) is 10.3. The summed E-state index contributed by atoms with van der Waals surface area (Å²) in [4.78, 5) is 12.1. The SMILES string of the molecule is CCCNC(=O)c1cc(Cl)c(OCc2ccccc2)c(OCC)c1. The number of ether oxygens (including phenoxy) is 2. The van der Waals surface area contributed by atoms with Crippen molar-refractivity contribution in [2.24, 2.45) is 0 Å². The molecule has 5 heteroatoms. The first-order chi connectivity index (χ1) is 11.7. The van der Waals surface area contributed by atoms with E-state index in [-0.39, 0.29) is 5.91 Å². The van der Waals surface area contributed by atoms with E-state index in [0.717, 1.165) is 12.0 Å². The molecule has 2 rings (SSSR count). The molecule has 0 heterocycles. The summed E-state index contributed by atoms with van der Waals surface area (Å²) in [5, 5.41) is 3.19. The summed E-state index contributed by atoms with van der Waals surface area (Å²) < 4.78 is 11.4. The quantitative estimate of drug-likeness (QED) is 0.767. The molecule has 2 aromatic rings. The molecule has 1 N–H and O–H groups in total. The summed E-state index contributed by atoms with van der Waals surface area (Å²) in [5.74, 6) is 0.756. The standard InChI is InChI=1S/C19H22ClNO3/c1-3-10-21-19(22)15-11-16(20)18(17(12-15)23-4-2)24-13-14-8-6-5-7-9-14/h5-9,11-12H,3-4,10,13H2,1-2H3,(H,21,22). The summed E-state index contributed by atoms with van der Waals surface area (Å²) in [5.41, 5.74) is 1.49. The van der Waals surface area contributed by atoms with Crippen LogP contribution in [0.3, 0.4) is 0 Å². The molecule has 0 unspecified atom stereocenters. The highest BCUT2D eigenvalue weighted by Gasteiger charge is 2.16. The number of hydrogen-bond donors (Lipinski definition) is 1. The Labute approximate surface area is 147 Å². The minimum absolute atomic E-state index is 0.172. The van der Waals surface area contributed by atoms with Gasteiger partial charge < -0.3 is 14.8 Å². The average molecular weight is 348 g/mol. The van der Waals surface area contributed by atoms with Gasteiger partial charge in [0.2, 0.25) is 0 Å². The number of rotatable bonds is 8. The Morgan fingerprint density at radius 2 is 1.88 bits per heavy atom. The van der Waals surface area contributed by atoms with Crippen molar-refractivity contribution in [3.8, 4) is 11.5 Å². The topological polar surface area (TPSA) is 47.6 Å². The van der Waals surface area contributed by atoms with Gasteiger partial charge in [-0.1, -0.05) is 48.9 Å². The van der Waals surface area contributed by atoms with Gasteiger partial charge in [-0.3, -0.25) is 4.79 Å². The van der Waals surface area contributed by atoms with Gasteiger partial charge in [-0.05, 0) is 31.0 Å². The van der Waals surface area contributed by atoms with Gasteiger partial charge in [0.1, 0.15) is 6.61 Å². The fourth-order valence-electron chi connectivity index (χ4n) is 2.17. The molecule has 0 aliphatic carbocycles. The molecule has 0 aromatic heterocycles. The monoisotopic (exact) mass is 347 g/mol. The molecule has 0 bridgehead atoms. The van der Waals surface area contributed by atoms with Gasteiger partial charge in [0.15, 0.2) is 11.5 Å². The van der Waals surface area contributed by atoms with Gasteiger partial charge in [0.05, 0.1) is 11.6 Å². The lowest BCUT2D eigenvalue weighted by Gasteiger charge is -2.15. The predicted octanol–water partition coefficient (Wildman–Crippen LogP) is 4.46. The molecule has 24 heavy (non-hydrogen) atoms. The van der Waals surface area contributed by atoms with Crippen molar-refractivity contribution in [3.05, 3.63) is 58.6 Å². The van der Waals surface area contributed by atoms with Crippen molar-refractivity contribution in [2.45, 2.75) is 26.9 Å². The van der Waals surface area contributed by atoms with Crippen LogP contribution in [0.5, 0.6) is 11.5 Å². The number of carbonyl (C=O) groups excluding carboxylic acids is 1. The predicted molar refractivity (Wildman–Crippen MR) is 96.0 cm³/mol. The molecule has 0 aliphatic rings. The summed E-state index contributed by atoms with van der Waals surface area (Å²) in [6.07, 6.45) is 0.871. The minimum Gasteiger partial charge on any atom is -0.490 e. The highest BCUT2D eigenvalue weighted by atomic mass is 35.5. The number of hydrogen-bond acceptors (Lipinski definition) is 3. The van der Waals surface area contributed by atoms with Crippen LogP contribution in [0.2, 0.25) is 5.02 Å². The summed E-state index contributed by atoms with van der Waals surface area (Å²) in [6.45, 7) is 5.32. The Balaban J connectivity index is 2.21. The van der Waals surface area contributed by atoms with Crippen LogP contribution in [0.4, 0.5) is 0 Å². The van der Waals surface area contributed by atoms with Crippen LogP contribution in [-0.2, 0) is 6.61 Å². The van der Waals surface area contributed by atoms with Crippen LogP contribution in [0.1, 0.15) is 36.2 Å². The summed E-state index contributed by atoms with van der Waals surface area (Å²) >= 11 is 6.33. The second kappa shape index (κ2) is 9.18. The van der Waals surface area contributed by atoms with Gasteiger partial charge >= 0.3 is 0 Å². The first-order valence-corrected chi connectivity index (χ1v) is 8.44. The van der Waals surface area contributed by atoms with Gasteiger partial charge in [-0.15, -0.1) is 0 Å². The van der Waals surface area contributed by atoms with E-state index in [2.05, 4.69) is 5.32 Å². The van der Waals surface area contributed by atoms with Crippen LogP contribution >= 0.6 is 11.6 Å². The molecule has 4 nitrogen and oxygen atoms in total. The number of nitrogens with one attached hydrogen (secondary N) is 1. The van der Waals surface area contributed by atoms with Crippen LogP contribution < -0.4 is 14.8 Å². The van der Waals surface area contributed by atoms with E-state index in [1.54, 1.807) is 12.1 Å². The van der Waals surface area contributed by atoms with Crippen molar-refractivity contribution in [3.63, 3.8) is 0 Å². The molecule has 1 amide bonds. The van der Waals surface area contributed by atoms with Crippen molar-refractivity contribution < 1.29 is 14.3 Å². The van der Waals surface area contributed by atoms with Crippen molar-refractivity contribution in [1.29, 1.82) is 0 Å². The van der Waals surface area contributed by atoms with Crippen LogP contribution in [-0.4, -0.2) is 19.1 Å². The molecule has 2 aromatic carbocycles. The number of benzene rings is 2. The maximum Gasteiger partial charge on any atom is 0.251 e. The Hall–Kier alpha value is -2.20. The first-order valence-electron chi connectivity index (χ1n) is 8.07. The van der Waals surface area contributed by atoms with Crippen molar-refractivity contribution >= 4 is 17.5 Å². The molecule has 0 fully saturated rings. The molecule has 0 spiro atoms. The highest BCUT2D eigenvalue weighted by Crippen LogP contribution is 2.37. The second-order valence-electron chi connectivity index (χ2n) is 5.25. The lowest BCUT2D eigenvalue weighted by molar-refractivity contribution is 0.0953. The zero-order valence-corrected chi connectivity index (χ0v) is 14.7. The third-order valence-corrected chi connectivity index (χ3v) is 3.61. The van der Waals surface area contributed by atoms with E-state index >= 15 is 0 Å². The van der Waals surface area contributed by atoms with E-state index in [1.807, 2.05) is 44.2 Å². The Morgan fingerprint density at radius 3 is 2.54 bits per heavy atom. The Morgan fingerprint density at radius 1 is 1.12 bits per heavy atom. The molecule has 0 saturated heterocycles. The number of amides is 1. The van der Waals surface area contributed by atoms with Gasteiger partial charge in [0.25, 0.3) is 5.91 Å². The Kier molecular flexibility index (Phi) is 6.94. The Bertz CT molecular complexity index is 674. The molecular weight excluding hydrogens is 326 g/mol. The zero-order chi connectivity index (χ0) is 17.4. The van der Waals surface area contributed by atoms with E-state index in [1.165, 1.54) is 0 Å². The minimum atomic E-state index is -0.172. The van der Waals surface area contributed by atoms with E-state index < -0.39 is 0 Å². The third kappa shape index (κ3) is 4.90. The molecule has 0 aliphatic heterocycles. The van der Waals surface area contributed by atoms with Gasteiger partial charge in [-0.25, -0.2) is 0 Å². The van der Waals surface area contributed by atoms with Gasteiger partial charge in [0, 0.05) is 12.1 Å².